The highest BCUT2D eigenvalue weighted by Crippen LogP contribution is 2.31. The molecule has 1 aliphatic carbocycles. The first-order valence-corrected chi connectivity index (χ1v) is 7.12. The van der Waals surface area contributed by atoms with E-state index in [2.05, 4.69) is 5.32 Å². The van der Waals surface area contributed by atoms with Gasteiger partial charge in [0.1, 0.15) is 0 Å². The Morgan fingerprint density at radius 2 is 1.82 bits per heavy atom. The average molecular weight is 312 g/mol. The lowest BCUT2D eigenvalue weighted by Gasteiger charge is -2.16. The standard InChI is InChI=1S/C15H15F3N2O2/c16-15(17,18)10-3-1-9(2-4-10)14(22)19-11-7-13(21)20(8-11)12-5-6-12/h1-4,11-12H,5-8H2,(H,19,22). The van der Waals surface area contributed by atoms with Crippen molar-refractivity contribution >= 4 is 11.8 Å². The van der Waals surface area contributed by atoms with E-state index in [4.69, 9.17) is 0 Å². The van der Waals surface area contributed by atoms with Crippen LogP contribution in [0.5, 0.6) is 0 Å². The monoisotopic (exact) mass is 312 g/mol. The lowest BCUT2D eigenvalue weighted by atomic mass is 10.1. The SMILES string of the molecule is O=C(NC1CC(=O)N(C2CC2)C1)c1ccc(C(F)(F)F)cc1. The molecule has 1 unspecified atom stereocenters. The van der Waals surface area contributed by atoms with Crippen molar-refractivity contribution < 1.29 is 22.8 Å². The van der Waals surface area contributed by atoms with Crippen LogP contribution in [0, 0.1) is 0 Å². The maximum Gasteiger partial charge on any atom is 0.416 e. The van der Waals surface area contributed by atoms with Gasteiger partial charge in [-0.3, -0.25) is 9.59 Å². The van der Waals surface area contributed by atoms with Crippen molar-refractivity contribution in [3.63, 3.8) is 0 Å². The van der Waals surface area contributed by atoms with E-state index in [1.807, 2.05) is 0 Å². The van der Waals surface area contributed by atoms with Gasteiger partial charge in [-0.2, -0.15) is 13.2 Å². The third-order valence-electron chi connectivity index (χ3n) is 3.96. The van der Waals surface area contributed by atoms with E-state index in [-0.39, 0.29) is 23.9 Å². The molecule has 2 fully saturated rings. The van der Waals surface area contributed by atoms with Gasteiger partial charge in [0.05, 0.1) is 11.6 Å². The molecule has 1 N–H and O–H groups in total. The zero-order valence-electron chi connectivity index (χ0n) is 11.7. The zero-order chi connectivity index (χ0) is 15.9. The number of amides is 2. The summed E-state index contributed by atoms with van der Waals surface area (Å²) in [7, 11) is 0. The van der Waals surface area contributed by atoms with Crippen LogP contribution < -0.4 is 5.32 Å². The summed E-state index contributed by atoms with van der Waals surface area (Å²) in [5.41, 5.74) is -0.634. The first-order chi connectivity index (χ1) is 10.3. The molecule has 1 saturated heterocycles. The molecule has 1 saturated carbocycles. The Morgan fingerprint density at radius 1 is 1.18 bits per heavy atom. The largest absolute Gasteiger partial charge is 0.416 e. The van der Waals surface area contributed by atoms with E-state index in [1.165, 1.54) is 0 Å². The van der Waals surface area contributed by atoms with Crippen LogP contribution in [0.1, 0.15) is 35.2 Å². The van der Waals surface area contributed by atoms with Gasteiger partial charge in [0.15, 0.2) is 0 Å². The van der Waals surface area contributed by atoms with Crippen LogP contribution in [0.3, 0.4) is 0 Å². The number of benzene rings is 1. The van der Waals surface area contributed by atoms with Crippen molar-refractivity contribution in [2.75, 3.05) is 6.54 Å². The predicted octanol–water partition coefficient (Wildman–Crippen LogP) is 2.20. The molecule has 2 amide bonds. The second-order valence-electron chi connectivity index (χ2n) is 5.73. The number of hydrogen-bond donors (Lipinski definition) is 1. The Labute approximate surface area is 125 Å². The van der Waals surface area contributed by atoms with E-state index in [9.17, 15) is 22.8 Å². The molecular formula is C15H15F3N2O2. The minimum Gasteiger partial charge on any atom is -0.347 e. The number of halogens is 3. The van der Waals surface area contributed by atoms with E-state index < -0.39 is 17.6 Å². The molecule has 1 atom stereocenters. The third kappa shape index (κ3) is 3.08. The lowest BCUT2D eigenvalue weighted by Crippen LogP contribution is -2.37. The molecule has 0 radical (unpaired) electrons. The molecule has 1 aromatic carbocycles. The van der Waals surface area contributed by atoms with Gasteiger partial charge in [-0.1, -0.05) is 0 Å². The van der Waals surface area contributed by atoms with Crippen molar-refractivity contribution in [2.24, 2.45) is 0 Å². The first-order valence-electron chi connectivity index (χ1n) is 7.12. The predicted molar refractivity (Wildman–Crippen MR) is 72.1 cm³/mol. The lowest BCUT2D eigenvalue weighted by molar-refractivity contribution is -0.137. The molecule has 0 spiro atoms. The Kier molecular flexibility index (Phi) is 3.58. The summed E-state index contributed by atoms with van der Waals surface area (Å²) in [6.45, 7) is 0.482. The molecule has 2 aliphatic rings. The molecule has 4 nitrogen and oxygen atoms in total. The summed E-state index contributed by atoms with van der Waals surface area (Å²) in [5.74, 6) is -0.426. The van der Waals surface area contributed by atoms with Crippen LogP contribution >= 0.6 is 0 Å². The van der Waals surface area contributed by atoms with E-state index in [0.29, 0.717) is 12.6 Å². The van der Waals surface area contributed by atoms with Crippen LogP contribution in [0.15, 0.2) is 24.3 Å². The van der Waals surface area contributed by atoms with Gasteiger partial charge in [-0.25, -0.2) is 0 Å². The van der Waals surface area contributed by atoms with Crippen molar-refractivity contribution in [3.05, 3.63) is 35.4 Å². The number of nitrogens with zero attached hydrogens (tertiary/aromatic N) is 1. The molecule has 1 heterocycles. The Morgan fingerprint density at radius 3 is 2.36 bits per heavy atom. The molecule has 1 aromatic rings. The zero-order valence-corrected chi connectivity index (χ0v) is 11.7. The summed E-state index contributed by atoms with van der Waals surface area (Å²) >= 11 is 0. The van der Waals surface area contributed by atoms with E-state index in [1.54, 1.807) is 4.90 Å². The van der Waals surface area contributed by atoms with Crippen LogP contribution in [0.25, 0.3) is 0 Å². The molecule has 0 aromatic heterocycles. The molecule has 0 bridgehead atoms. The van der Waals surface area contributed by atoms with Crippen LogP contribution in [0.2, 0.25) is 0 Å². The fraction of sp³-hybridized carbons (Fsp3) is 0.467. The van der Waals surface area contributed by atoms with Gasteiger partial charge < -0.3 is 10.2 Å². The summed E-state index contributed by atoms with van der Waals surface area (Å²) in [6, 6.07) is 4.08. The number of likely N-dealkylation sites (tertiary alicyclic amines) is 1. The number of alkyl halides is 3. The summed E-state index contributed by atoms with van der Waals surface area (Å²) in [6.07, 6.45) is -2.16. The minimum absolute atomic E-state index is 0.0280. The summed E-state index contributed by atoms with van der Waals surface area (Å²) in [5, 5.41) is 2.71. The maximum atomic E-state index is 12.5. The number of rotatable bonds is 3. The Balaban J connectivity index is 1.61. The number of carbonyl (C=O) groups is 2. The highest BCUT2D eigenvalue weighted by Gasteiger charge is 2.39. The minimum atomic E-state index is -4.42. The highest BCUT2D eigenvalue weighted by molar-refractivity contribution is 5.95. The van der Waals surface area contributed by atoms with E-state index in [0.717, 1.165) is 37.1 Å². The van der Waals surface area contributed by atoms with Gasteiger partial charge >= 0.3 is 6.18 Å². The van der Waals surface area contributed by atoms with Gasteiger partial charge in [-0.15, -0.1) is 0 Å². The summed E-state index contributed by atoms with van der Waals surface area (Å²) in [4.78, 5) is 25.6. The van der Waals surface area contributed by atoms with Gasteiger partial charge in [-0.05, 0) is 37.1 Å². The second kappa shape index (κ2) is 5.30. The smallest absolute Gasteiger partial charge is 0.347 e. The molecule has 3 rings (SSSR count). The third-order valence-corrected chi connectivity index (χ3v) is 3.96. The fourth-order valence-electron chi connectivity index (χ4n) is 2.65. The van der Waals surface area contributed by atoms with E-state index >= 15 is 0 Å². The van der Waals surface area contributed by atoms with Crippen molar-refractivity contribution in [2.45, 2.75) is 37.5 Å². The van der Waals surface area contributed by atoms with Gasteiger partial charge in [0, 0.05) is 24.6 Å². The average Bonchev–Trinajstić information content (AvgIpc) is 3.22. The Hall–Kier alpha value is -2.05. The van der Waals surface area contributed by atoms with Gasteiger partial charge in [0.2, 0.25) is 5.91 Å². The second-order valence-corrected chi connectivity index (χ2v) is 5.73. The normalized spacial score (nSPS) is 22.0. The number of nitrogens with one attached hydrogen (secondary N) is 1. The number of carbonyl (C=O) groups excluding carboxylic acids is 2. The first kappa shape index (κ1) is 14.9. The Bertz CT molecular complexity index is 594. The number of hydrogen-bond acceptors (Lipinski definition) is 2. The van der Waals surface area contributed by atoms with Crippen LogP contribution in [-0.4, -0.2) is 35.3 Å². The fourth-order valence-corrected chi connectivity index (χ4v) is 2.65. The molecule has 7 heteroatoms. The summed E-state index contributed by atoms with van der Waals surface area (Å²) < 4.78 is 37.4. The molecular weight excluding hydrogens is 297 g/mol. The topological polar surface area (TPSA) is 49.4 Å². The highest BCUT2D eigenvalue weighted by atomic mass is 19.4. The molecule has 1 aliphatic heterocycles. The molecule has 118 valence electrons. The quantitative estimate of drug-likeness (QED) is 0.930. The van der Waals surface area contributed by atoms with Crippen LogP contribution in [0.4, 0.5) is 13.2 Å². The van der Waals surface area contributed by atoms with Crippen molar-refractivity contribution in [3.8, 4) is 0 Å². The van der Waals surface area contributed by atoms with Crippen molar-refractivity contribution in [1.29, 1.82) is 0 Å². The maximum absolute atomic E-state index is 12.5. The molecule has 22 heavy (non-hydrogen) atoms. The van der Waals surface area contributed by atoms with Gasteiger partial charge in [0.25, 0.3) is 5.91 Å². The van der Waals surface area contributed by atoms with Crippen molar-refractivity contribution in [1.82, 2.24) is 10.2 Å². The van der Waals surface area contributed by atoms with Crippen LogP contribution in [-0.2, 0) is 11.0 Å².